The quantitative estimate of drug-likeness (QED) is 0.419. The van der Waals surface area contributed by atoms with Gasteiger partial charge in [-0.2, -0.15) is 0 Å². The molecule has 6 heteroatoms. The van der Waals surface area contributed by atoms with Crippen LogP contribution in [0.5, 0.6) is 0 Å². The lowest BCUT2D eigenvalue weighted by Crippen LogP contribution is -2.35. The Morgan fingerprint density at radius 2 is 1.65 bits per heavy atom. The summed E-state index contributed by atoms with van der Waals surface area (Å²) < 4.78 is 28.0. The van der Waals surface area contributed by atoms with Crippen LogP contribution in [0.1, 0.15) is 71.1 Å². The highest BCUT2D eigenvalue weighted by molar-refractivity contribution is 7.94. The lowest BCUT2D eigenvalue weighted by Gasteiger charge is -2.13. The van der Waals surface area contributed by atoms with Gasteiger partial charge in [0.05, 0.1) is 18.4 Å². The van der Waals surface area contributed by atoms with Crippen molar-refractivity contribution < 1.29 is 13.2 Å². The first kappa shape index (κ1) is 20.4. The van der Waals surface area contributed by atoms with E-state index in [0.717, 1.165) is 12.8 Å². The van der Waals surface area contributed by atoms with Crippen molar-refractivity contribution in [2.45, 2.75) is 77.2 Å². The minimum Gasteiger partial charge on any atom is -0.471 e. The number of sulfone groups is 1. The third-order valence-corrected chi connectivity index (χ3v) is 5.60. The summed E-state index contributed by atoms with van der Waals surface area (Å²) in [6.45, 7) is 2.85. The fourth-order valence-electron chi connectivity index (χ4n) is 2.61. The van der Waals surface area contributed by atoms with Gasteiger partial charge in [-0.3, -0.25) is 0 Å². The lowest BCUT2D eigenvalue weighted by molar-refractivity contribution is 0.285. The minimum absolute atomic E-state index is 0.0642. The van der Waals surface area contributed by atoms with Gasteiger partial charge in [0.25, 0.3) is 5.17 Å². The van der Waals surface area contributed by atoms with Gasteiger partial charge in [-0.05, 0) is 24.7 Å². The predicted molar refractivity (Wildman–Crippen MR) is 100 cm³/mol. The van der Waals surface area contributed by atoms with Crippen molar-refractivity contribution in [1.29, 1.82) is 0 Å². The molecule has 0 aromatic heterocycles. The average Bonchev–Trinajstić information content (AvgIpc) is 2.83. The number of hydrogen-bond donors (Lipinski definition) is 1. The Bertz CT molecular complexity index is 460. The fraction of sp³-hybridized carbons (Fsp3) is 0.824. The third-order valence-electron chi connectivity index (χ3n) is 3.96. The summed E-state index contributed by atoms with van der Waals surface area (Å²) in [6.07, 6.45) is 14.5. The molecule has 0 fully saturated rings. The van der Waals surface area contributed by atoms with Gasteiger partial charge >= 0.3 is 0 Å². The molecule has 1 atom stereocenters. The molecule has 1 aliphatic heterocycles. The van der Waals surface area contributed by atoms with E-state index < -0.39 is 9.84 Å². The Hall–Kier alpha value is -0.620. The Labute approximate surface area is 147 Å². The van der Waals surface area contributed by atoms with E-state index in [2.05, 4.69) is 12.2 Å². The van der Waals surface area contributed by atoms with E-state index in [0.29, 0.717) is 11.8 Å². The van der Waals surface area contributed by atoms with Crippen LogP contribution in [0, 0.1) is 0 Å². The summed E-state index contributed by atoms with van der Waals surface area (Å²) in [5, 5.41) is 4.44. The second-order valence-corrected chi connectivity index (χ2v) is 8.53. The van der Waals surface area contributed by atoms with Crippen molar-refractivity contribution in [3.63, 3.8) is 0 Å². The zero-order valence-corrected chi connectivity index (χ0v) is 15.9. The molecule has 1 rings (SSSR count). The molecular formula is C17H31NO3S2. The van der Waals surface area contributed by atoms with E-state index in [9.17, 15) is 8.42 Å². The van der Waals surface area contributed by atoms with Gasteiger partial charge < -0.3 is 10.1 Å². The number of hydrogen-bond acceptors (Lipinski definition) is 4. The number of ether oxygens (including phenoxy) is 1. The lowest BCUT2D eigenvalue weighted by atomic mass is 10.1. The van der Waals surface area contributed by atoms with Gasteiger partial charge in [-0.25, -0.2) is 8.42 Å². The summed E-state index contributed by atoms with van der Waals surface area (Å²) in [4.78, 5) is 0. The van der Waals surface area contributed by atoms with Crippen molar-refractivity contribution in [3.05, 3.63) is 11.5 Å². The molecular weight excluding hydrogens is 330 g/mol. The number of unbranched alkanes of at least 4 members (excludes halogenated alkanes) is 9. The molecule has 1 aliphatic rings. The molecule has 134 valence electrons. The average molecular weight is 362 g/mol. The molecule has 0 bridgehead atoms. The summed E-state index contributed by atoms with van der Waals surface area (Å²) in [7, 11) is -3.05. The normalized spacial score (nSPS) is 18.9. The van der Waals surface area contributed by atoms with Crippen LogP contribution in [0.2, 0.25) is 0 Å². The zero-order chi connectivity index (χ0) is 17.0. The van der Waals surface area contributed by atoms with Gasteiger partial charge in [0.1, 0.15) is 0 Å². The first-order valence-electron chi connectivity index (χ1n) is 8.88. The second-order valence-electron chi connectivity index (χ2n) is 6.23. The van der Waals surface area contributed by atoms with E-state index >= 15 is 0 Å². The summed E-state index contributed by atoms with van der Waals surface area (Å²) in [5.41, 5.74) is 0. The first-order chi connectivity index (χ1) is 11.0. The number of rotatable bonds is 12. The van der Waals surface area contributed by atoms with Gasteiger partial charge in [0.2, 0.25) is 0 Å². The van der Waals surface area contributed by atoms with Crippen molar-refractivity contribution in [2.75, 3.05) is 12.4 Å². The van der Waals surface area contributed by atoms with Crippen LogP contribution in [-0.4, -0.2) is 32.0 Å². The van der Waals surface area contributed by atoms with Gasteiger partial charge in [0, 0.05) is 5.41 Å². The fourth-order valence-corrected chi connectivity index (χ4v) is 4.08. The van der Waals surface area contributed by atoms with Crippen molar-refractivity contribution in [2.24, 2.45) is 0 Å². The number of nitrogens with one attached hydrogen (secondary N) is 1. The molecule has 0 saturated heterocycles. The maximum Gasteiger partial charge on any atom is 0.257 e. The first-order valence-corrected chi connectivity index (χ1v) is 11.0. The Kier molecular flexibility index (Phi) is 10.5. The molecule has 0 aromatic rings. The van der Waals surface area contributed by atoms with Crippen LogP contribution in [0.15, 0.2) is 11.5 Å². The van der Waals surface area contributed by atoms with E-state index in [-0.39, 0.29) is 11.8 Å². The maximum atomic E-state index is 11.3. The molecule has 23 heavy (non-hydrogen) atoms. The van der Waals surface area contributed by atoms with Crippen LogP contribution in [0.4, 0.5) is 0 Å². The summed E-state index contributed by atoms with van der Waals surface area (Å²) >= 11 is 5.07. The van der Waals surface area contributed by atoms with Crippen LogP contribution in [0.3, 0.4) is 0 Å². The molecule has 0 aliphatic carbocycles. The highest BCUT2D eigenvalue weighted by atomic mass is 32.2. The Balaban J connectivity index is 1.87. The molecule has 0 radical (unpaired) electrons. The summed E-state index contributed by atoms with van der Waals surface area (Å²) in [6, 6.07) is -0.250. The molecule has 1 unspecified atom stereocenters. The van der Waals surface area contributed by atoms with Gasteiger partial charge in [-0.15, -0.1) is 0 Å². The highest BCUT2D eigenvalue weighted by Gasteiger charge is 2.22. The standard InChI is InChI=1S/C17H31NO3S2/c1-2-3-4-5-6-7-8-9-10-11-13-21-17(22)18-16-12-14-23(19,20)15-16/h12,14,16H,2-11,13,15H2,1H3,(H,18,22). The van der Waals surface area contributed by atoms with Crippen molar-refractivity contribution >= 4 is 27.2 Å². The van der Waals surface area contributed by atoms with Crippen LogP contribution < -0.4 is 5.32 Å². The van der Waals surface area contributed by atoms with Crippen LogP contribution >= 0.6 is 12.2 Å². The summed E-state index contributed by atoms with van der Waals surface area (Å²) in [5.74, 6) is 0.0642. The van der Waals surface area contributed by atoms with Crippen molar-refractivity contribution in [3.8, 4) is 0 Å². The smallest absolute Gasteiger partial charge is 0.257 e. The highest BCUT2D eigenvalue weighted by Crippen LogP contribution is 2.11. The molecule has 1 heterocycles. The molecule has 1 N–H and O–H groups in total. The largest absolute Gasteiger partial charge is 0.471 e. The molecule has 4 nitrogen and oxygen atoms in total. The van der Waals surface area contributed by atoms with E-state index in [1.165, 1.54) is 56.8 Å². The Morgan fingerprint density at radius 3 is 2.17 bits per heavy atom. The predicted octanol–water partition coefficient (Wildman–Crippen LogP) is 4.11. The molecule has 0 saturated carbocycles. The zero-order valence-electron chi connectivity index (χ0n) is 14.3. The van der Waals surface area contributed by atoms with E-state index in [1.807, 2.05) is 0 Å². The van der Waals surface area contributed by atoms with Gasteiger partial charge in [0.15, 0.2) is 9.84 Å². The second kappa shape index (κ2) is 11.8. The van der Waals surface area contributed by atoms with Crippen LogP contribution in [-0.2, 0) is 14.6 Å². The molecule has 0 spiro atoms. The maximum absolute atomic E-state index is 11.3. The molecule has 0 amide bonds. The third kappa shape index (κ3) is 10.7. The van der Waals surface area contributed by atoms with E-state index in [4.69, 9.17) is 17.0 Å². The SMILES string of the molecule is CCCCCCCCCCCCOC(=S)NC1C=CS(=O)(=O)C1. The van der Waals surface area contributed by atoms with Crippen LogP contribution in [0.25, 0.3) is 0 Å². The van der Waals surface area contributed by atoms with Gasteiger partial charge in [-0.1, -0.05) is 64.7 Å². The van der Waals surface area contributed by atoms with E-state index in [1.54, 1.807) is 6.08 Å². The Morgan fingerprint density at radius 1 is 1.09 bits per heavy atom. The topological polar surface area (TPSA) is 55.4 Å². The minimum atomic E-state index is -3.05. The number of thiocarbonyl (C=S) groups is 1. The monoisotopic (exact) mass is 361 g/mol. The molecule has 0 aromatic carbocycles. The van der Waals surface area contributed by atoms with Crippen molar-refractivity contribution in [1.82, 2.24) is 5.32 Å².